The maximum Gasteiger partial charge on any atom is 0.334 e. The van der Waals surface area contributed by atoms with Crippen molar-refractivity contribution in [3.8, 4) is 0 Å². The Morgan fingerprint density at radius 1 is 1.08 bits per heavy atom. The van der Waals surface area contributed by atoms with E-state index in [1.54, 1.807) is 48.5 Å². The molecule has 2 aromatic rings. The van der Waals surface area contributed by atoms with Crippen molar-refractivity contribution in [2.24, 2.45) is 0 Å². The molecule has 0 bridgehead atoms. The number of rotatable bonds is 5. The summed E-state index contributed by atoms with van der Waals surface area (Å²) < 4.78 is 0. The predicted molar refractivity (Wildman–Crippen MR) is 88.4 cm³/mol. The molecule has 1 aliphatic heterocycles. The summed E-state index contributed by atoms with van der Waals surface area (Å²) in [7, 11) is 0. The highest BCUT2D eigenvalue weighted by molar-refractivity contribution is 6.30. The fourth-order valence-electron chi connectivity index (χ4n) is 2.91. The zero-order valence-corrected chi connectivity index (χ0v) is 13.6. The number of para-hydroxylation sites is 1. The van der Waals surface area contributed by atoms with Gasteiger partial charge < -0.3 is 10.2 Å². The van der Waals surface area contributed by atoms with Gasteiger partial charge in [0.05, 0.1) is 12.2 Å². The molecule has 7 nitrogen and oxygen atoms in total. The van der Waals surface area contributed by atoms with Gasteiger partial charge in [0.1, 0.15) is 0 Å². The van der Waals surface area contributed by atoms with E-state index in [-0.39, 0.29) is 6.54 Å². The van der Waals surface area contributed by atoms with Crippen molar-refractivity contribution in [2.75, 3.05) is 5.01 Å². The monoisotopic (exact) mass is 361 g/mol. The van der Waals surface area contributed by atoms with Crippen LogP contribution >= 0.6 is 11.6 Å². The fourth-order valence-corrected chi connectivity index (χ4v) is 3.12. The molecule has 0 saturated carbocycles. The van der Waals surface area contributed by atoms with Gasteiger partial charge in [-0.05, 0) is 23.8 Å². The summed E-state index contributed by atoms with van der Waals surface area (Å²) in [6.45, 7) is 0.118. The molecule has 1 radical (unpaired) electrons. The highest BCUT2D eigenvalue weighted by Crippen LogP contribution is 2.41. The van der Waals surface area contributed by atoms with E-state index < -0.39 is 24.2 Å². The molecule has 0 saturated heterocycles. The molecule has 0 amide bonds. The van der Waals surface area contributed by atoms with Crippen molar-refractivity contribution in [1.29, 1.82) is 0 Å². The van der Waals surface area contributed by atoms with Crippen molar-refractivity contribution >= 4 is 29.2 Å². The van der Waals surface area contributed by atoms with Gasteiger partial charge in [0, 0.05) is 10.6 Å². The van der Waals surface area contributed by atoms with Crippen LogP contribution in [0.5, 0.6) is 0 Å². The molecule has 0 aromatic heterocycles. The standard InChI is InChI=1S/C17H14ClN2O5/c18-11-5-3-4-10(8-11)9-19-13-7-2-1-6-12(13)15(21)20(19)14(16(22)23)17(24)25/h1-8,14-15H,9H2,(H,22,23)(H,24,25). The summed E-state index contributed by atoms with van der Waals surface area (Å²) in [5.74, 6) is -3.20. The first kappa shape index (κ1) is 17.2. The highest BCUT2D eigenvalue weighted by atomic mass is 35.5. The third kappa shape index (κ3) is 3.17. The first-order valence-corrected chi connectivity index (χ1v) is 7.78. The molecule has 1 atom stereocenters. The Kier molecular flexibility index (Phi) is 4.63. The quantitative estimate of drug-likeness (QED) is 0.794. The maximum absolute atomic E-state index is 12.7. The average Bonchev–Trinajstić information content (AvgIpc) is 2.81. The van der Waals surface area contributed by atoms with Crippen LogP contribution in [-0.2, 0) is 21.2 Å². The number of carboxylic acids is 2. The number of aliphatic carboxylic acids is 2. The summed E-state index contributed by atoms with van der Waals surface area (Å²) in [5, 5.41) is 34.1. The first-order valence-electron chi connectivity index (χ1n) is 7.40. The van der Waals surface area contributed by atoms with E-state index in [0.29, 0.717) is 16.3 Å². The van der Waals surface area contributed by atoms with Gasteiger partial charge in [-0.2, -0.15) is 5.01 Å². The second-order valence-corrected chi connectivity index (χ2v) is 5.99. The molecule has 0 spiro atoms. The van der Waals surface area contributed by atoms with Crippen LogP contribution in [0.2, 0.25) is 5.02 Å². The van der Waals surface area contributed by atoms with Crippen LogP contribution in [0, 0.1) is 0 Å². The number of anilines is 1. The minimum absolute atomic E-state index is 0.118. The minimum Gasteiger partial charge on any atom is -0.480 e. The Hall–Kier alpha value is -2.61. The van der Waals surface area contributed by atoms with Gasteiger partial charge in [-0.25, -0.2) is 14.7 Å². The molecule has 129 valence electrons. The third-order valence-electron chi connectivity index (χ3n) is 3.95. The normalized spacial score (nSPS) is 16.9. The van der Waals surface area contributed by atoms with E-state index in [4.69, 9.17) is 11.6 Å². The number of carboxylic acid groups (broad SMARTS) is 2. The van der Waals surface area contributed by atoms with E-state index in [9.17, 15) is 24.9 Å². The molecule has 1 heterocycles. The lowest BCUT2D eigenvalue weighted by Gasteiger charge is -2.33. The van der Waals surface area contributed by atoms with E-state index in [1.165, 1.54) is 5.01 Å². The lowest BCUT2D eigenvalue weighted by molar-refractivity contribution is -0.166. The Labute approximate surface area is 148 Å². The van der Waals surface area contributed by atoms with Crippen molar-refractivity contribution in [3.63, 3.8) is 0 Å². The zero-order chi connectivity index (χ0) is 18.1. The van der Waals surface area contributed by atoms with Gasteiger partial charge in [-0.15, -0.1) is 0 Å². The maximum atomic E-state index is 12.7. The van der Waals surface area contributed by atoms with Crippen LogP contribution in [-0.4, -0.2) is 33.2 Å². The molecule has 2 aromatic carbocycles. The number of carbonyl (C=O) groups is 2. The van der Waals surface area contributed by atoms with E-state index in [1.807, 2.05) is 0 Å². The summed E-state index contributed by atoms with van der Waals surface area (Å²) in [5.41, 5.74) is 1.53. The van der Waals surface area contributed by atoms with Gasteiger partial charge in [0.15, 0.2) is 6.23 Å². The van der Waals surface area contributed by atoms with Crippen molar-refractivity contribution in [3.05, 3.63) is 64.7 Å². The molecule has 1 unspecified atom stereocenters. The highest BCUT2D eigenvalue weighted by Gasteiger charge is 2.47. The zero-order valence-electron chi connectivity index (χ0n) is 12.9. The summed E-state index contributed by atoms with van der Waals surface area (Å²) in [6.07, 6.45) is -1.63. The Bertz CT molecular complexity index is 814. The molecule has 0 aliphatic carbocycles. The molecular formula is C17H14ClN2O5. The number of benzene rings is 2. The van der Waals surface area contributed by atoms with Crippen molar-refractivity contribution < 1.29 is 24.9 Å². The van der Waals surface area contributed by atoms with E-state index >= 15 is 0 Å². The van der Waals surface area contributed by atoms with Gasteiger partial charge in [0.25, 0.3) is 0 Å². The smallest absolute Gasteiger partial charge is 0.334 e. The van der Waals surface area contributed by atoms with Crippen molar-refractivity contribution in [1.82, 2.24) is 5.01 Å². The van der Waals surface area contributed by atoms with E-state index in [2.05, 4.69) is 0 Å². The van der Waals surface area contributed by atoms with E-state index in [0.717, 1.165) is 10.6 Å². The number of hydrazine groups is 1. The lowest BCUT2D eigenvalue weighted by atomic mass is 10.1. The predicted octanol–water partition coefficient (Wildman–Crippen LogP) is 2.54. The largest absolute Gasteiger partial charge is 0.480 e. The second-order valence-electron chi connectivity index (χ2n) is 5.56. The molecule has 3 rings (SSSR count). The number of hydrogen-bond donors (Lipinski definition) is 2. The van der Waals surface area contributed by atoms with Crippen LogP contribution in [0.15, 0.2) is 48.5 Å². The second kappa shape index (κ2) is 6.72. The summed E-state index contributed by atoms with van der Waals surface area (Å²) in [4.78, 5) is 22.9. The van der Waals surface area contributed by atoms with Crippen LogP contribution in [0.3, 0.4) is 0 Å². The number of fused-ring (bicyclic) bond motifs is 1. The minimum atomic E-state index is -1.99. The van der Waals surface area contributed by atoms with Crippen molar-refractivity contribution in [2.45, 2.75) is 18.8 Å². The SMILES string of the molecule is [O]C1c2ccccc2N(Cc2cccc(Cl)c2)N1C(C(=O)O)C(=O)O. The number of hydrogen-bond acceptors (Lipinski definition) is 4. The molecule has 1 aliphatic rings. The fraction of sp³-hybridized carbons (Fsp3) is 0.176. The number of nitrogens with zero attached hydrogens (tertiary/aromatic N) is 2. The number of halogens is 1. The Morgan fingerprint density at radius 3 is 2.40 bits per heavy atom. The molecule has 0 fully saturated rings. The summed E-state index contributed by atoms with van der Waals surface area (Å²) >= 11 is 5.98. The van der Waals surface area contributed by atoms with Gasteiger partial charge >= 0.3 is 11.9 Å². The van der Waals surface area contributed by atoms with Gasteiger partial charge in [-0.3, -0.25) is 5.01 Å². The van der Waals surface area contributed by atoms with Gasteiger partial charge in [0.2, 0.25) is 6.04 Å². The van der Waals surface area contributed by atoms with Crippen LogP contribution in [0.4, 0.5) is 5.69 Å². The van der Waals surface area contributed by atoms with Gasteiger partial charge in [-0.1, -0.05) is 41.9 Å². The molecular weight excluding hydrogens is 348 g/mol. The molecule has 8 heteroatoms. The average molecular weight is 362 g/mol. The Balaban J connectivity index is 2.06. The molecule has 2 N–H and O–H groups in total. The third-order valence-corrected chi connectivity index (χ3v) is 4.19. The van der Waals surface area contributed by atoms with Crippen LogP contribution in [0.1, 0.15) is 17.4 Å². The molecule has 25 heavy (non-hydrogen) atoms. The first-order chi connectivity index (χ1) is 11.9. The summed E-state index contributed by atoms with van der Waals surface area (Å²) in [6, 6.07) is 11.5. The topological polar surface area (TPSA) is 101 Å². The van der Waals surface area contributed by atoms with Crippen LogP contribution in [0.25, 0.3) is 0 Å². The lowest BCUT2D eigenvalue weighted by Crippen LogP contribution is -2.53. The van der Waals surface area contributed by atoms with Crippen LogP contribution < -0.4 is 5.01 Å². The Morgan fingerprint density at radius 2 is 1.76 bits per heavy atom.